The van der Waals surface area contributed by atoms with Crippen molar-refractivity contribution in [2.24, 2.45) is 0 Å². The first-order valence-corrected chi connectivity index (χ1v) is 9.93. The maximum atomic E-state index is 6.02. The number of aryl methyl sites for hydroxylation is 1. The van der Waals surface area contributed by atoms with Crippen LogP contribution < -0.4 is 14.8 Å². The zero-order valence-electron chi connectivity index (χ0n) is 16.8. The molecule has 3 heteroatoms. The molecule has 3 nitrogen and oxygen atoms in total. The van der Waals surface area contributed by atoms with Crippen LogP contribution in [0.25, 0.3) is 0 Å². The van der Waals surface area contributed by atoms with Gasteiger partial charge in [0.15, 0.2) is 11.5 Å². The summed E-state index contributed by atoms with van der Waals surface area (Å²) in [5.74, 6) is 1.59. The molecule has 0 fully saturated rings. The SMILES string of the molecule is CCOc1cc(CNCCc2ccccc2)ccc1OCc1cccc(C)c1. The van der Waals surface area contributed by atoms with Crippen LogP contribution in [-0.4, -0.2) is 13.2 Å². The molecule has 0 aliphatic carbocycles. The molecule has 0 atom stereocenters. The van der Waals surface area contributed by atoms with Gasteiger partial charge in [-0.15, -0.1) is 0 Å². The minimum absolute atomic E-state index is 0.538. The number of nitrogens with one attached hydrogen (secondary N) is 1. The quantitative estimate of drug-likeness (QED) is 0.488. The second-order valence-electron chi connectivity index (χ2n) is 6.90. The molecular formula is C25H29NO2. The summed E-state index contributed by atoms with van der Waals surface area (Å²) < 4.78 is 11.8. The van der Waals surface area contributed by atoms with Crippen molar-refractivity contribution in [3.05, 3.63) is 95.1 Å². The number of rotatable bonds is 10. The van der Waals surface area contributed by atoms with Crippen LogP contribution in [-0.2, 0) is 19.6 Å². The van der Waals surface area contributed by atoms with E-state index < -0.39 is 0 Å². The number of ether oxygens (including phenoxy) is 2. The van der Waals surface area contributed by atoms with Crippen molar-refractivity contribution in [2.75, 3.05) is 13.2 Å². The monoisotopic (exact) mass is 375 g/mol. The van der Waals surface area contributed by atoms with Gasteiger partial charge in [0.1, 0.15) is 6.61 Å². The Morgan fingerprint density at radius 2 is 1.57 bits per heavy atom. The van der Waals surface area contributed by atoms with Crippen molar-refractivity contribution in [3.63, 3.8) is 0 Å². The fraction of sp³-hybridized carbons (Fsp3) is 0.280. The van der Waals surface area contributed by atoms with Gasteiger partial charge in [0, 0.05) is 6.54 Å². The minimum Gasteiger partial charge on any atom is -0.490 e. The zero-order chi connectivity index (χ0) is 19.6. The van der Waals surface area contributed by atoms with Crippen molar-refractivity contribution in [2.45, 2.75) is 33.4 Å². The lowest BCUT2D eigenvalue weighted by Crippen LogP contribution is -2.16. The summed E-state index contributed by atoms with van der Waals surface area (Å²) >= 11 is 0. The molecular weight excluding hydrogens is 346 g/mol. The Balaban J connectivity index is 1.55. The Hall–Kier alpha value is -2.78. The Morgan fingerprint density at radius 1 is 0.750 bits per heavy atom. The van der Waals surface area contributed by atoms with Crippen molar-refractivity contribution in [3.8, 4) is 11.5 Å². The molecule has 0 aliphatic heterocycles. The predicted octanol–water partition coefficient (Wildman–Crippen LogP) is 5.31. The van der Waals surface area contributed by atoms with Gasteiger partial charge in [-0.1, -0.05) is 66.2 Å². The van der Waals surface area contributed by atoms with E-state index in [9.17, 15) is 0 Å². The average molecular weight is 376 g/mol. The molecule has 0 radical (unpaired) electrons. The van der Waals surface area contributed by atoms with Gasteiger partial charge in [0.2, 0.25) is 0 Å². The van der Waals surface area contributed by atoms with E-state index in [0.717, 1.165) is 36.6 Å². The van der Waals surface area contributed by atoms with Gasteiger partial charge in [-0.2, -0.15) is 0 Å². The smallest absolute Gasteiger partial charge is 0.161 e. The zero-order valence-corrected chi connectivity index (χ0v) is 16.8. The number of benzene rings is 3. The van der Waals surface area contributed by atoms with Crippen LogP contribution in [0.1, 0.15) is 29.2 Å². The molecule has 146 valence electrons. The molecule has 28 heavy (non-hydrogen) atoms. The highest BCUT2D eigenvalue weighted by atomic mass is 16.5. The van der Waals surface area contributed by atoms with Gasteiger partial charge >= 0.3 is 0 Å². The second-order valence-corrected chi connectivity index (χ2v) is 6.90. The minimum atomic E-state index is 0.538. The normalized spacial score (nSPS) is 10.6. The van der Waals surface area contributed by atoms with E-state index in [4.69, 9.17) is 9.47 Å². The number of hydrogen-bond acceptors (Lipinski definition) is 3. The molecule has 0 heterocycles. The highest BCUT2D eigenvalue weighted by molar-refractivity contribution is 5.43. The number of hydrogen-bond donors (Lipinski definition) is 1. The third kappa shape index (κ3) is 6.14. The van der Waals surface area contributed by atoms with Crippen LogP contribution in [0.2, 0.25) is 0 Å². The Bertz CT molecular complexity index is 861. The molecule has 0 bridgehead atoms. The lowest BCUT2D eigenvalue weighted by molar-refractivity contribution is 0.269. The van der Waals surface area contributed by atoms with Gasteiger partial charge in [-0.25, -0.2) is 0 Å². The first-order chi connectivity index (χ1) is 13.7. The largest absolute Gasteiger partial charge is 0.490 e. The molecule has 3 aromatic carbocycles. The average Bonchev–Trinajstić information content (AvgIpc) is 2.72. The van der Waals surface area contributed by atoms with Crippen molar-refractivity contribution in [1.29, 1.82) is 0 Å². The van der Waals surface area contributed by atoms with E-state index in [1.165, 1.54) is 16.7 Å². The Labute approximate surface area is 168 Å². The molecule has 0 saturated carbocycles. The molecule has 3 aromatic rings. The van der Waals surface area contributed by atoms with Crippen molar-refractivity contribution < 1.29 is 9.47 Å². The van der Waals surface area contributed by atoms with Crippen LogP contribution in [0.3, 0.4) is 0 Å². The molecule has 1 N–H and O–H groups in total. The third-order valence-corrected chi connectivity index (χ3v) is 4.55. The molecule has 0 spiro atoms. The first kappa shape index (κ1) is 20.0. The van der Waals surface area contributed by atoms with E-state index in [1.807, 2.05) is 13.0 Å². The fourth-order valence-electron chi connectivity index (χ4n) is 3.12. The van der Waals surface area contributed by atoms with Crippen LogP contribution in [0, 0.1) is 6.92 Å². The van der Waals surface area contributed by atoms with Crippen LogP contribution in [0.5, 0.6) is 11.5 Å². The van der Waals surface area contributed by atoms with Gasteiger partial charge in [-0.05, 0) is 55.6 Å². The summed E-state index contributed by atoms with van der Waals surface area (Å²) in [6.45, 7) is 7.00. The summed E-state index contributed by atoms with van der Waals surface area (Å²) in [4.78, 5) is 0. The summed E-state index contributed by atoms with van der Waals surface area (Å²) in [5, 5.41) is 3.51. The highest BCUT2D eigenvalue weighted by Gasteiger charge is 2.07. The molecule has 0 unspecified atom stereocenters. The lowest BCUT2D eigenvalue weighted by atomic mass is 10.1. The highest BCUT2D eigenvalue weighted by Crippen LogP contribution is 2.29. The molecule has 3 rings (SSSR count). The van der Waals surface area contributed by atoms with Crippen molar-refractivity contribution in [1.82, 2.24) is 5.32 Å². The lowest BCUT2D eigenvalue weighted by Gasteiger charge is -2.14. The van der Waals surface area contributed by atoms with E-state index in [1.54, 1.807) is 0 Å². The summed E-state index contributed by atoms with van der Waals surface area (Å²) in [7, 11) is 0. The summed E-state index contributed by atoms with van der Waals surface area (Å²) in [6, 6.07) is 25.1. The van der Waals surface area contributed by atoms with Gasteiger partial charge < -0.3 is 14.8 Å². The van der Waals surface area contributed by atoms with Gasteiger partial charge in [0.05, 0.1) is 6.61 Å². The standard InChI is InChI=1S/C25H29NO2/c1-3-27-25-17-22(18-26-15-14-21-9-5-4-6-10-21)12-13-24(25)28-19-23-11-7-8-20(2)16-23/h4-13,16-17,26H,3,14-15,18-19H2,1-2H3. The van der Waals surface area contributed by atoms with Crippen LogP contribution in [0.4, 0.5) is 0 Å². The van der Waals surface area contributed by atoms with E-state index in [-0.39, 0.29) is 0 Å². The second kappa shape index (κ2) is 10.5. The summed E-state index contributed by atoms with van der Waals surface area (Å²) in [5.41, 5.74) is 4.95. The maximum absolute atomic E-state index is 6.02. The molecule has 0 aromatic heterocycles. The van der Waals surface area contributed by atoms with Crippen LogP contribution >= 0.6 is 0 Å². The first-order valence-electron chi connectivity index (χ1n) is 9.93. The molecule has 0 amide bonds. The molecule has 0 saturated heterocycles. The van der Waals surface area contributed by atoms with Crippen LogP contribution in [0.15, 0.2) is 72.8 Å². The van der Waals surface area contributed by atoms with E-state index in [0.29, 0.717) is 13.2 Å². The van der Waals surface area contributed by atoms with Gasteiger partial charge in [-0.3, -0.25) is 0 Å². The van der Waals surface area contributed by atoms with Crippen molar-refractivity contribution >= 4 is 0 Å². The topological polar surface area (TPSA) is 30.5 Å². The summed E-state index contributed by atoms with van der Waals surface area (Å²) in [6.07, 6.45) is 1.02. The van der Waals surface area contributed by atoms with E-state index in [2.05, 4.69) is 79.0 Å². The predicted molar refractivity (Wildman–Crippen MR) is 115 cm³/mol. The maximum Gasteiger partial charge on any atom is 0.161 e. The third-order valence-electron chi connectivity index (χ3n) is 4.55. The Kier molecular flexibility index (Phi) is 7.51. The fourth-order valence-corrected chi connectivity index (χ4v) is 3.12. The molecule has 0 aliphatic rings. The van der Waals surface area contributed by atoms with E-state index >= 15 is 0 Å². The Morgan fingerprint density at radius 3 is 2.36 bits per heavy atom. The van der Waals surface area contributed by atoms with Gasteiger partial charge in [0.25, 0.3) is 0 Å².